The number of likely N-dealkylation sites (tertiary alicyclic amines) is 1. The molecule has 9 rings (SSSR count). The molecule has 4 aliphatic rings. The third kappa shape index (κ3) is 9.53. The summed E-state index contributed by atoms with van der Waals surface area (Å²) in [5.74, 6) is -3.75. The van der Waals surface area contributed by atoms with Crippen LogP contribution in [0.15, 0.2) is 47.5 Å². The lowest BCUT2D eigenvalue weighted by molar-refractivity contribution is -0.135. The number of rotatable bonds is 13. The van der Waals surface area contributed by atoms with Crippen LogP contribution in [0.4, 0.5) is 29.1 Å². The van der Waals surface area contributed by atoms with Crippen LogP contribution in [-0.4, -0.2) is 114 Å². The molecule has 3 aliphatic heterocycles. The first-order valence-electron chi connectivity index (χ1n) is 22.5. The zero-order chi connectivity index (χ0) is 45.6. The van der Waals surface area contributed by atoms with Crippen molar-refractivity contribution in [3.63, 3.8) is 0 Å². The quantitative estimate of drug-likeness (QED) is 0.0839. The van der Waals surface area contributed by atoms with Crippen molar-refractivity contribution in [2.45, 2.75) is 107 Å². The lowest BCUT2D eigenvalue weighted by Crippen LogP contribution is -2.52. The van der Waals surface area contributed by atoms with Gasteiger partial charge in [0.15, 0.2) is 17.0 Å². The highest BCUT2D eigenvalue weighted by atomic mass is 19.3. The van der Waals surface area contributed by atoms with E-state index >= 15 is 0 Å². The Bertz CT molecular complexity index is 2630. The van der Waals surface area contributed by atoms with Crippen LogP contribution in [0, 0.1) is 5.92 Å². The fraction of sp³-hybridized carbons (Fsp3) is 0.568. The number of piperidine rings is 3. The van der Waals surface area contributed by atoms with Gasteiger partial charge in [-0.3, -0.25) is 33.5 Å². The number of nitrogens with zero attached hydrogens (tertiary/aromatic N) is 9. The van der Waals surface area contributed by atoms with E-state index in [1.807, 2.05) is 18.2 Å². The molecular weight excluding hydrogens is 853 g/mol. The Kier molecular flexibility index (Phi) is 12.5. The molecule has 2 atom stereocenters. The zero-order valence-corrected chi connectivity index (χ0v) is 36.2. The molecule has 21 heteroatoms. The van der Waals surface area contributed by atoms with Gasteiger partial charge >= 0.3 is 5.69 Å². The number of ether oxygens (including phenoxy) is 1. The molecule has 348 valence electrons. The number of nitrogens with one attached hydrogen (secondary N) is 2. The van der Waals surface area contributed by atoms with E-state index in [0.717, 1.165) is 75.7 Å². The maximum Gasteiger partial charge on any atom is 0.329 e. The van der Waals surface area contributed by atoms with Crippen LogP contribution in [0.3, 0.4) is 0 Å². The van der Waals surface area contributed by atoms with Crippen LogP contribution in [0.1, 0.15) is 104 Å². The van der Waals surface area contributed by atoms with Gasteiger partial charge < -0.3 is 25.6 Å². The standard InChI is InChI=1S/C44H54F4N12O5/c1-55-39-27(4-2-6-33(39)60(43(55)64)34-11-12-37(61)52-42(34)63)5-3-19-65-30-13-16-56(17-14-30)22-26-7-9-29(10-8-26)59-24-32(38(54-59)40(45)46)50-41(62)31-20-36-51-35(15-18-58(36)53-31)57-23-28(49)21-44(47,48)25-57/h2,4,6,15,18,20,24,26,28-30,34,40H,3,5,7-14,16-17,19,21-23,25,49H2,1H3,(H,50,62)(H,52,61,63)/t26?,28-,29?,34?/m1/s1. The van der Waals surface area contributed by atoms with Crippen molar-refractivity contribution < 1.29 is 36.7 Å². The predicted molar refractivity (Wildman–Crippen MR) is 231 cm³/mol. The Labute approximate surface area is 371 Å². The summed E-state index contributed by atoms with van der Waals surface area (Å²) in [4.78, 5) is 59.2. The van der Waals surface area contributed by atoms with Crippen molar-refractivity contribution in [3.8, 4) is 0 Å². The number of amides is 3. The van der Waals surface area contributed by atoms with E-state index in [2.05, 4.69) is 30.7 Å². The Morgan fingerprint density at radius 2 is 1.83 bits per heavy atom. The van der Waals surface area contributed by atoms with E-state index < -0.39 is 54.9 Å². The molecule has 0 bridgehead atoms. The number of imidazole rings is 1. The van der Waals surface area contributed by atoms with Gasteiger partial charge in [0.2, 0.25) is 11.8 Å². The summed E-state index contributed by atoms with van der Waals surface area (Å²) in [5.41, 5.74) is 7.56. The van der Waals surface area contributed by atoms with E-state index in [9.17, 15) is 36.7 Å². The molecular formula is C44H54F4N12O5. The van der Waals surface area contributed by atoms with E-state index in [1.165, 1.54) is 38.5 Å². The van der Waals surface area contributed by atoms with Crippen molar-refractivity contribution >= 4 is 45.9 Å². The molecule has 4 N–H and O–H groups in total. The van der Waals surface area contributed by atoms with Gasteiger partial charge in [0.1, 0.15) is 11.9 Å². The van der Waals surface area contributed by atoms with Crippen molar-refractivity contribution in [1.82, 2.24) is 43.7 Å². The molecule has 4 aromatic heterocycles. The second-order valence-corrected chi connectivity index (χ2v) is 18.1. The number of carbonyl (C=O) groups excluding carboxylic acids is 3. The molecule has 17 nitrogen and oxygen atoms in total. The maximum atomic E-state index is 14.2. The topological polar surface area (TPSA) is 192 Å². The van der Waals surface area contributed by atoms with Gasteiger partial charge in [-0.2, -0.15) is 10.2 Å². The highest BCUT2D eigenvalue weighted by molar-refractivity contribution is 6.04. The first-order valence-corrected chi connectivity index (χ1v) is 22.5. The minimum atomic E-state index is -2.97. The van der Waals surface area contributed by atoms with Crippen molar-refractivity contribution in [2.24, 2.45) is 18.7 Å². The Morgan fingerprint density at radius 1 is 1.05 bits per heavy atom. The van der Waals surface area contributed by atoms with Gasteiger partial charge in [0.05, 0.1) is 35.4 Å². The van der Waals surface area contributed by atoms with Crippen LogP contribution in [0.25, 0.3) is 16.7 Å². The highest BCUT2D eigenvalue weighted by Crippen LogP contribution is 2.36. The zero-order valence-electron chi connectivity index (χ0n) is 36.2. The second-order valence-electron chi connectivity index (χ2n) is 18.1. The molecule has 1 saturated carbocycles. The van der Waals surface area contributed by atoms with Crippen molar-refractivity contribution in [2.75, 3.05) is 49.5 Å². The molecule has 7 heterocycles. The fourth-order valence-electron chi connectivity index (χ4n) is 10.2. The third-order valence-electron chi connectivity index (χ3n) is 13.4. The Hall–Kier alpha value is -5.67. The average molecular weight is 907 g/mol. The van der Waals surface area contributed by atoms with Gasteiger partial charge in [-0.1, -0.05) is 12.1 Å². The number of imide groups is 1. The fourth-order valence-corrected chi connectivity index (χ4v) is 10.2. The number of alkyl halides is 4. The number of benzene rings is 1. The Balaban J connectivity index is 0.725. The molecule has 0 spiro atoms. The summed E-state index contributed by atoms with van der Waals surface area (Å²) in [6, 6.07) is 7.08. The maximum absolute atomic E-state index is 14.2. The van der Waals surface area contributed by atoms with E-state index in [4.69, 9.17) is 10.5 Å². The molecule has 1 aromatic carbocycles. The predicted octanol–water partition coefficient (Wildman–Crippen LogP) is 4.76. The number of aryl methyl sites for hydroxylation is 2. The molecule has 3 saturated heterocycles. The Morgan fingerprint density at radius 3 is 2.57 bits per heavy atom. The average Bonchev–Trinajstić information content (AvgIpc) is 3.97. The lowest BCUT2D eigenvalue weighted by Gasteiger charge is -2.36. The summed E-state index contributed by atoms with van der Waals surface area (Å²) in [7, 11) is 1.71. The van der Waals surface area contributed by atoms with Crippen LogP contribution in [-0.2, 0) is 27.8 Å². The molecule has 1 unspecified atom stereocenters. The van der Waals surface area contributed by atoms with Gasteiger partial charge in [-0.15, -0.1) is 0 Å². The largest absolute Gasteiger partial charge is 0.378 e. The number of nitrogens with two attached hydrogens (primary N) is 1. The third-order valence-corrected chi connectivity index (χ3v) is 13.4. The number of carbonyl (C=O) groups is 3. The normalized spacial score (nSPS) is 23.5. The number of hydrogen-bond acceptors (Lipinski definition) is 11. The van der Waals surface area contributed by atoms with Gasteiger partial charge in [-0.05, 0) is 81.4 Å². The van der Waals surface area contributed by atoms with Crippen LogP contribution in [0.5, 0.6) is 0 Å². The summed E-state index contributed by atoms with van der Waals surface area (Å²) in [6.45, 7) is 3.05. The van der Waals surface area contributed by atoms with Gasteiger partial charge in [-0.25, -0.2) is 31.9 Å². The van der Waals surface area contributed by atoms with E-state index in [0.29, 0.717) is 24.5 Å². The van der Waals surface area contributed by atoms with Crippen LogP contribution >= 0.6 is 0 Å². The molecule has 5 aromatic rings. The highest BCUT2D eigenvalue weighted by Gasteiger charge is 2.40. The number of halogens is 4. The number of anilines is 2. The molecule has 65 heavy (non-hydrogen) atoms. The van der Waals surface area contributed by atoms with Crippen LogP contribution < -0.4 is 27.0 Å². The lowest BCUT2D eigenvalue weighted by atomic mass is 9.85. The van der Waals surface area contributed by atoms with Crippen molar-refractivity contribution in [3.05, 3.63) is 70.2 Å². The number of para-hydroxylation sites is 1. The number of fused-ring (bicyclic) bond motifs is 2. The molecule has 3 amide bonds. The summed E-state index contributed by atoms with van der Waals surface area (Å²) < 4.78 is 69.1. The minimum Gasteiger partial charge on any atom is -0.378 e. The second kappa shape index (κ2) is 18.3. The molecule has 0 radical (unpaired) electrons. The number of aromatic nitrogens is 7. The smallest absolute Gasteiger partial charge is 0.329 e. The molecule has 4 fully saturated rings. The first-order chi connectivity index (χ1) is 31.2. The summed E-state index contributed by atoms with van der Waals surface area (Å²) in [5, 5.41) is 13.4. The van der Waals surface area contributed by atoms with Gasteiger partial charge in [0.25, 0.3) is 18.3 Å². The summed E-state index contributed by atoms with van der Waals surface area (Å²) in [6.07, 6.45) is 6.95. The summed E-state index contributed by atoms with van der Waals surface area (Å²) >= 11 is 0. The molecule has 1 aliphatic carbocycles. The minimum absolute atomic E-state index is 0.0825. The van der Waals surface area contributed by atoms with Crippen LogP contribution in [0.2, 0.25) is 0 Å². The van der Waals surface area contributed by atoms with Crippen molar-refractivity contribution in [1.29, 1.82) is 0 Å². The monoisotopic (exact) mass is 906 g/mol. The van der Waals surface area contributed by atoms with E-state index in [1.54, 1.807) is 16.3 Å². The van der Waals surface area contributed by atoms with Gasteiger partial charge in [0, 0.05) is 77.2 Å². The first kappa shape index (κ1) is 44.5. The SMILES string of the molecule is Cn1c(=O)n(C2CCC(=O)NC2=O)c2cccc(CCCOC3CCN(CC4CCC(n5cc(NC(=O)c6cc7nc(N8C[C@H](N)CC(F)(F)C8)ccn7n6)c(C(F)F)n5)CC4)CC3)c21. The van der Waals surface area contributed by atoms with E-state index in [-0.39, 0.29) is 66.0 Å². The number of hydrogen-bond donors (Lipinski definition) is 3.